The molecule has 0 aromatic heterocycles. The monoisotopic (exact) mass is 313 g/mol. The summed E-state index contributed by atoms with van der Waals surface area (Å²) in [6.45, 7) is 4.51. The summed E-state index contributed by atoms with van der Waals surface area (Å²) in [4.78, 5) is 0. The second-order valence-electron chi connectivity index (χ2n) is 4.66. The number of rotatable bonds is 5. The Bertz CT molecular complexity index is 380. The highest BCUT2D eigenvalue weighted by atomic mass is 79.9. The molecule has 0 amide bonds. The molecule has 0 heterocycles. The Balaban J connectivity index is 1.97. The predicted molar refractivity (Wildman–Crippen MR) is 80.8 cm³/mol. The van der Waals surface area contributed by atoms with Crippen LogP contribution in [-0.4, -0.2) is 17.5 Å². The molecule has 1 aromatic carbocycles. The van der Waals surface area contributed by atoms with Crippen molar-refractivity contribution < 1.29 is 0 Å². The van der Waals surface area contributed by atoms with E-state index in [1.807, 2.05) is 11.8 Å². The fraction of sp³-hybridized carbons (Fsp3) is 0.571. The van der Waals surface area contributed by atoms with E-state index in [4.69, 9.17) is 0 Å². The SMILES string of the molecule is CCSCC(C)NC1CCc2cc(Br)ccc21. The van der Waals surface area contributed by atoms with Crippen LogP contribution in [0.25, 0.3) is 0 Å². The number of hydrogen-bond donors (Lipinski definition) is 1. The first kappa shape index (κ1) is 13.4. The van der Waals surface area contributed by atoms with Crippen LogP contribution in [-0.2, 0) is 6.42 Å². The molecule has 0 fully saturated rings. The van der Waals surface area contributed by atoms with Crippen LogP contribution in [0.3, 0.4) is 0 Å². The van der Waals surface area contributed by atoms with Gasteiger partial charge in [0.15, 0.2) is 0 Å². The molecule has 2 unspecified atom stereocenters. The Morgan fingerprint density at radius 2 is 2.35 bits per heavy atom. The van der Waals surface area contributed by atoms with Crippen molar-refractivity contribution in [3.63, 3.8) is 0 Å². The van der Waals surface area contributed by atoms with Gasteiger partial charge in [-0.1, -0.05) is 28.9 Å². The molecule has 0 bridgehead atoms. The third-order valence-electron chi connectivity index (χ3n) is 3.24. The van der Waals surface area contributed by atoms with E-state index < -0.39 is 0 Å². The van der Waals surface area contributed by atoms with Gasteiger partial charge in [0.05, 0.1) is 0 Å². The van der Waals surface area contributed by atoms with Gasteiger partial charge < -0.3 is 5.32 Å². The molecule has 1 N–H and O–H groups in total. The van der Waals surface area contributed by atoms with E-state index in [1.54, 1.807) is 0 Å². The summed E-state index contributed by atoms with van der Waals surface area (Å²) in [5.41, 5.74) is 3.01. The maximum absolute atomic E-state index is 3.75. The molecule has 1 aliphatic carbocycles. The number of aryl methyl sites for hydroxylation is 1. The van der Waals surface area contributed by atoms with Gasteiger partial charge >= 0.3 is 0 Å². The summed E-state index contributed by atoms with van der Waals surface area (Å²) in [6.07, 6.45) is 2.45. The van der Waals surface area contributed by atoms with Crippen LogP contribution in [0, 0.1) is 0 Å². The van der Waals surface area contributed by atoms with Crippen molar-refractivity contribution in [1.29, 1.82) is 0 Å². The Morgan fingerprint density at radius 1 is 1.53 bits per heavy atom. The zero-order valence-corrected chi connectivity index (χ0v) is 12.9. The minimum Gasteiger partial charge on any atom is -0.307 e. The summed E-state index contributed by atoms with van der Waals surface area (Å²) >= 11 is 5.56. The van der Waals surface area contributed by atoms with Crippen molar-refractivity contribution in [2.75, 3.05) is 11.5 Å². The number of thioether (sulfide) groups is 1. The van der Waals surface area contributed by atoms with E-state index in [0.717, 1.165) is 0 Å². The number of hydrogen-bond acceptors (Lipinski definition) is 2. The molecule has 0 radical (unpaired) electrons. The minimum atomic E-state index is 0.561. The van der Waals surface area contributed by atoms with Crippen molar-refractivity contribution in [1.82, 2.24) is 5.32 Å². The van der Waals surface area contributed by atoms with Gasteiger partial charge in [-0.2, -0.15) is 11.8 Å². The summed E-state index contributed by atoms with van der Waals surface area (Å²) in [7, 11) is 0. The first-order valence-corrected chi connectivity index (χ1v) is 8.27. The largest absolute Gasteiger partial charge is 0.307 e. The van der Waals surface area contributed by atoms with Crippen LogP contribution in [0.1, 0.15) is 37.4 Å². The Morgan fingerprint density at radius 3 is 3.12 bits per heavy atom. The summed E-state index contributed by atoms with van der Waals surface area (Å²) in [6, 6.07) is 7.85. The molecule has 17 heavy (non-hydrogen) atoms. The fourth-order valence-electron chi connectivity index (χ4n) is 2.45. The van der Waals surface area contributed by atoms with Crippen molar-refractivity contribution in [3.8, 4) is 0 Å². The molecule has 94 valence electrons. The molecule has 0 spiro atoms. The van der Waals surface area contributed by atoms with Crippen molar-refractivity contribution in [3.05, 3.63) is 33.8 Å². The second kappa shape index (κ2) is 6.26. The fourth-order valence-corrected chi connectivity index (χ4v) is 3.54. The molecule has 0 saturated heterocycles. The van der Waals surface area contributed by atoms with Crippen LogP contribution >= 0.6 is 27.7 Å². The van der Waals surface area contributed by atoms with Crippen LogP contribution in [0.5, 0.6) is 0 Å². The summed E-state index contributed by atoms with van der Waals surface area (Å²) < 4.78 is 1.20. The zero-order chi connectivity index (χ0) is 12.3. The van der Waals surface area contributed by atoms with Crippen LogP contribution < -0.4 is 5.32 Å². The number of nitrogens with one attached hydrogen (secondary N) is 1. The number of benzene rings is 1. The number of fused-ring (bicyclic) bond motifs is 1. The predicted octanol–water partition coefficient (Wildman–Crippen LogP) is 4.17. The molecule has 1 nitrogen and oxygen atoms in total. The standard InChI is InChI=1S/C14H20BrNS/c1-3-17-9-10(2)16-14-7-4-11-8-12(15)5-6-13(11)14/h5-6,8,10,14,16H,3-4,7,9H2,1-2H3. The van der Waals surface area contributed by atoms with Gasteiger partial charge in [0.25, 0.3) is 0 Å². The van der Waals surface area contributed by atoms with Crippen LogP contribution in [0.2, 0.25) is 0 Å². The van der Waals surface area contributed by atoms with Gasteiger partial charge in [0.2, 0.25) is 0 Å². The van der Waals surface area contributed by atoms with Crippen LogP contribution in [0.15, 0.2) is 22.7 Å². The lowest BCUT2D eigenvalue weighted by molar-refractivity contribution is 0.479. The van der Waals surface area contributed by atoms with Gasteiger partial charge in [0.1, 0.15) is 0 Å². The third kappa shape index (κ3) is 3.49. The van der Waals surface area contributed by atoms with Crippen molar-refractivity contribution in [2.24, 2.45) is 0 Å². The smallest absolute Gasteiger partial charge is 0.0328 e. The minimum absolute atomic E-state index is 0.561. The lowest BCUT2D eigenvalue weighted by Crippen LogP contribution is -2.31. The Hall–Kier alpha value is 0.01000. The topological polar surface area (TPSA) is 12.0 Å². The van der Waals surface area contributed by atoms with Gasteiger partial charge in [-0.05, 0) is 48.8 Å². The van der Waals surface area contributed by atoms with Gasteiger partial charge in [0, 0.05) is 22.3 Å². The summed E-state index contributed by atoms with van der Waals surface area (Å²) in [5, 5.41) is 3.75. The second-order valence-corrected chi connectivity index (χ2v) is 6.90. The van der Waals surface area contributed by atoms with Gasteiger partial charge in [-0.3, -0.25) is 0 Å². The van der Waals surface area contributed by atoms with Crippen molar-refractivity contribution in [2.45, 2.75) is 38.8 Å². The molecular formula is C14H20BrNS. The lowest BCUT2D eigenvalue weighted by Gasteiger charge is -2.20. The van der Waals surface area contributed by atoms with Gasteiger partial charge in [-0.15, -0.1) is 0 Å². The highest BCUT2D eigenvalue weighted by Crippen LogP contribution is 2.33. The Kier molecular flexibility index (Phi) is 4.95. The molecule has 0 saturated carbocycles. The highest BCUT2D eigenvalue weighted by molar-refractivity contribution is 9.10. The number of halogens is 1. The highest BCUT2D eigenvalue weighted by Gasteiger charge is 2.23. The van der Waals surface area contributed by atoms with E-state index in [-0.39, 0.29) is 0 Å². The Labute approximate surface area is 117 Å². The zero-order valence-electron chi connectivity index (χ0n) is 10.5. The van der Waals surface area contributed by atoms with E-state index in [9.17, 15) is 0 Å². The van der Waals surface area contributed by atoms with Gasteiger partial charge in [-0.25, -0.2) is 0 Å². The molecule has 1 aliphatic rings. The quantitative estimate of drug-likeness (QED) is 0.875. The lowest BCUT2D eigenvalue weighted by atomic mass is 10.1. The van der Waals surface area contributed by atoms with Crippen LogP contribution in [0.4, 0.5) is 0 Å². The summed E-state index contributed by atoms with van der Waals surface area (Å²) in [5.74, 6) is 2.42. The first-order valence-electron chi connectivity index (χ1n) is 6.32. The van der Waals surface area contributed by atoms with E-state index in [0.29, 0.717) is 12.1 Å². The maximum atomic E-state index is 3.75. The molecular weight excluding hydrogens is 294 g/mol. The average molecular weight is 314 g/mol. The molecule has 2 rings (SSSR count). The maximum Gasteiger partial charge on any atom is 0.0328 e. The molecule has 1 aromatic rings. The third-order valence-corrected chi connectivity index (χ3v) is 4.88. The van der Waals surface area contributed by atoms with E-state index >= 15 is 0 Å². The molecule has 3 heteroatoms. The van der Waals surface area contributed by atoms with E-state index in [1.165, 1.54) is 39.9 Å². The first-order chi connectivity index (χ1) is 8.20. The molecule has 0 aliphatic heterocycles. The molecule has 2 atom stereocenters. The average Bonchev–Trinajstić information content (AvgIpc) is 2.69. The normalized spacial score (nSPS) is 20.3. The van der Waals surface area contributed by atoms with Crippen molar-refractivity contribution >= 4 is 27.7 Å². The van der Waals surface area contributed by atoms with E-state index in [2.05, 4.69) is 53.3 Å².